The molecule has 0 spiro atoms. The highest BCUT2D eigenvalue weighted by Crippen LogP contribution is 2.22. The Kier molecular flexibility index (Phi) is 6.42. The van der Waals surface area contributed by atoms with Gasteiger partial charge in [-0.15, -0.1) is 0 Å². The Morgan fingerprint density at radius 2 is 1.68 bits per heavy atom. The number of para-hydroxylation sites is 1. The van der Waals surface area contributed by atoms with E-state index in [0.717, 1.165) is 16.7 Å². The summed E-state index contributed by atoms with van der Waals surface area (Å²) < 4.78 is 10.4. The molecule has 0 bridgehead atoms. The van der Waals surface area contributed by atoms with Crippen molar-refractivity contribution in [2.75, 3.05) is 18.5 Å². The van der Waals surface area contributed by atoms with Crippen LogP contribution in [-0.4, -0.2) is 25.1 Å². The summed E-state index contributed by atoms with van der Waals surface area (Å²) in [6, 6.07) is 10.8. The lowest BCUT2D eigenvalue weighted by Crippen LogP contribution is -2.24. The molecule has 0 saturated carbocycles. The van der Waals surface area contributed by atoms with Crippen molar-refractivity contribution in [1.29, 1.82) is 0 Å². The SMILES string of the molecule is Cc1cc(Cl)ccc1NC(=O)COC(=O)COc1c(C)cccc1C. The lowest BCUT2D eigenvalue weighted by atomic mass is 10.1. The van der Waals surface area contributed by atoms with Gasteiger partial charge in [0.2, 0.25) is 0 Å². The zero-order valence-corrected chi connectivity index (χ0v) is 15.1. The number of hydrogen-bond donors (Lipinski definition) is 1. The highest BCUT2D eigenvalue weighted by molar-refractivity contribution is 6.30. The first-order valence-electron chi connectivity index (χ1n) is 7.77. The van der Waals surface area contributed by atoms with Gasteiger partial charge in [0.05, 0.1) is 0 Å². The first-order chi connectivity index (χ1) is 11.9. The highest BCUT2D eigenvalue weighted by atomic mass is 35.5. The summed E-state index contributed by atoms with van der Waals surface area (Å²) in [4.78, 5) is 23.6. The maximum absolute atomic E-state index is 11.9. The molecule has 0 heterocycles. The Bertz CT molecular complexity index is 769. The molecule has 2 aromatic carbocycles. The molecule has 0 saturated heterocycles. The fourth-order valence-corrected chi connectivity index (χ4v) is 2.53. The van der Waals surface area contributed by atoms with Crippen LogP contribution in [0.25, 0.3) is 0 Å². The molecule has 0 aliphatic carbocycles. The predicted molar refractivity (Wildman–Crippen MR) is 97.2 cm³/mol. The number of anilines is 1. The van der Waals surface area contributed by atoms with E-state index in [2.05, 4.69) is 5.32 Å². The number of carbonyl (C=O) groups is 2. The summed E-state index contributed by atoms with van der Waals surface area (Å²) in [6.45, 7) is 4.99. The van der Waals surface area contributed by atoms with Gasteiger partial charge in [-0.2, -0.15) is 0 Å². The minimum atomic E-state index is -0.606. The molecule has 1 N–H and O–H groups in total. The molecule has 2 rings (SSSR count). The second-order valence-electron chi connectivity index (χ2n) is 5.68. The molecule has 0 unspecified atom stereocenters. The zero-order valence-electron chi connectivity index (χ0n) is 14.4. The van der Waals surface area contributed by atoms with Gasteiger partial charge in [-0.3, -0.25) is 4.79 Å². The van der Waals surface area contributed by atoms with E-state index in [9.17, 15) is 9.59 Å². The number of amides is 1. The lowest BCUT2D eigenvalue weighted by Gasteiger charge is -2.12. The van der Waals surface area contributed by atoms with Crippen LogP contribution in [0.3, 0.4) is 0 Å². The molecular formula is C19H20ClNO4. The Labute approximate surface area is 151 Å². The van der Waals surface area contributed by atoms with Crippen molar-refractivity contribution in [2.24, 2.45) is 0 Å². The van der Waals surface area contributed by atoms with Crippen LogP contribution in [0, 0.1) is 20.8 Å². The summed E-state index contributed by atoms with van der Waals surface area (Å²) in [5.41, 5.74) is 3.32. The number of benzene rings is 2. The minimum absolute atomic E-state index is 0.251. The number of carbonyl (C=O) groups excluding carboxylic acids is 2. The second kappa shape index (κ2) is 8.53. The predicted octanol–water partition coefficient (Wildman–Crippen LogP) is 3.83. The summed E-state index contributed by atoms with van der Waals surface area (Å²) in [5.74, 6) is -0.378. The van der Waals surface area contributed by atoms with Crippen LogP contribution in [-0.2, 0) is 14.3 Å². The molecular weight excluding hydrogens is 342 g/mol. The molecule has 0 atom stereocenters. The summed E-state index contributed by atoms with van der Waals surface area (Å²) >= 11 is 5.87. The van der Waals surface area contributed by atoms with E-state index in [0.29, 0.717) is 16.5 Å². The molecule has 25 heavy (non-hydrogen) atoms. The summed E-state index contributed by atoms with van der Waals surface area (Å²) in [7, 11) is 0. The number of rotatable bonds is 6. The Hall–Kier alpha value is -2.53. The number of aryl methyl sites for hydroxylation is 3. The van der Waals surface area contributed by atoms with E-state index in [1.807, 2.05) is 39.0 Å². The van der Waals surface area contributed by atoms with Crippen molar-refractivity contribution in [3.8, 4) is 5.75 Å². The van der Waals surface area contributed by atoms with Gasteiger partial charge in [0, 0.05) is 10.7 Å². The first kappa shape index (κ1) is 18.8. The Balaban J connectivity index is 1.80. The Morgan fingerprint density at radius 1 is 1.00 bits per heavy atom. The number of ether oxygens (including phenoxy) is 2. The number of esters is 1. The van der Waals surface area contributed by atoms with Gasteiger partial charge in [-0.05, 0) is 55.7 Å². The van der Waals surface area contributed by atoms with Crippen molar-refractivity contribution >= 4 is 29.2 Å². The van der Waals surface area contributed by atoms with E-state index < -0.39 is 11.9 Å². The standard InChI is InChI=1S/C19H20ClNO4/c1-12-5-4-6-13(2)19(12)25-11-18(23)24-10-17(22)21-16-8-7-15(20)9-14(16)3/h4-9H,10-11H2,1-3H3,(H,21,22). The van der Waals surface area contributed by atoms with Crippen LogP contribution in [0.5, 0.6) is 5.75 Å². The third-order valence-corrected chi connectivity index (χ3v) is 3.81. The maximum atomic E-state index is 11.9. The smallest absolute Gasteiger partial charge is 0.344 e. The molecule has 132 valence electrons. The monoisotopic (exact) mass is 361 g/mol. The topological polar surface area (TPSA) is 64.6 Å². The van der Waals surface area contributed by atoms with Gasteiger partial charge in [-0.25, -0.2) is 4.79 Å². The number of nitrogens with one attached hydrogen (secondary N) is 1. The van der Waals surface area contributed by atoms with Crippen LogP contribution in [0.2, 0.25) is 5.02 Å². The van der Waals surface area contributed by atoms with Crippen LogP contribution in [0.15, 0.2) is 36.4 Å². The van der Waals surface area contributed by atoms with Crippen LogP contribution >= 0.6 is 11.6 Å². The highest BCUT2D eigenvalue weighted by Gasteiger charge is 2.11. The van der Waals surface area contributed by atoms with Crippen LogP contribution in [0.4, 0.5) is 5.69 Å². The van der Waals surface area contributed by atoms with Gasteiger partial charge in [-0.1, -0.05) is 29.8 Å². The maximum Gasteiger partial charge on any atom is 0.344 e. The van der Waals surface area contributed by atoms with E-state index in [-0.39, 0.29) is 13.2 Å². The first-order valence-corrected chi connectivity index (χ1v) is 8.15. The quantitative estimate of drug-likeness (QED) is 0.794. The molecule has 0 fully saturated rings. The molecule has 0 aromatic heterocycles. The van der Waals surface area contributed by atoms with Crippen molar-refractivity contribution in [1.82, 2.24) is 0 Å². The normalized spacial score (nSPS) is 10.2. The summed E-state index contributed by atoms with van der Waals surface area (Å²) in [5, 5.41) is 3.26. The molecule has 2 aromatic rings. The van der Waals surface area contributed by atoms with Gasteiger partial charge < -0.3 is 14.8 Å². The molecule has 1 amide bonds. The van der Waals surface area contributed by atoms with Crippen LogP contribution < -0.4 is 10.1 Å². The van der Waals surface area contributed by atoms with Crippen molar-refractivity contribution in [3.05, 3.63) is 58.1 Å². The van der Waals surface area contributed by atoms with Crippen molar-refractivity contribution in [2.45, 2.75) is 20.8 Å². The van der Waals surface area contributed by atoms with Gasteiger partial charge in [0.1, 0.15) is 5.75 Å². The zero-order chi connectivity index (χ0) is 18.4. The molecule has 0 aliphatic rings. The largest absolute Gasteiger partial charge is 0.481 e. The van der Waals surface area contributed by atoms with Crippen LogP contribution in [0.1, 0.15) is 16.7 Å². The minimum Gasteiger partial charge on any atom is -0.481 e. The average Bonchev–Trinajstić information content (AvgIpc) is 2.55. The van der Waals surface area contributed by atoms with E-state index in [1.54, 1.807) is 18.2 Å². The third kappa shape index (κ3) is 5.50. The number of hydrogen-bond acceptors (Lipinski definition) is 4. The molecule has 0 radical (unpaired) electrons. The number of halogens is 1. The van der Waals surface area contributed by atoms with Gasteiger partial charge >= 0.3 is 5.97 Å². The fraction of sp³-hybridized carbons (Fsp3) is 0.263. The van der Waals surface area contributed by atoms with E-state index >= 15 is 0 Å². The van der Waals surface area contributed by atoms with Gasteiger partial charge in [0.25, 0.3) is 5.91 Å². The van der Waals surface area contributed by atoms with E-state index in [1.165, 1.54) is 0 Å². The molecule has 0 aliphatic heterocycles. The fourth-order valence-electron chi connectivity index (χ4n) is 2.30. The van der Waals surface area contributed by atoms with Gasteiger partial charge in [0.15, 0.2) is 13.2 Å². The second-order valence-corrected chi connectivity index (χ2v) is 6.11. The molecule has 5 nitrogen and oxygen atoms in total. The van der Waals surface area contributed by atoms with Crippen molar-refractivity contribution in [3.63, 3.8) is 0 Å². The summed E-state index contributed by atoms with van der Waals surface area (Å²) in [6.07, 6.45) is 0. The third-order valence-electron chi connectivity index (χ3n) is 3.57. The molecule has 6 heteroatoms. The van der Waals surface area contributed by atoms with E-state index in [4.69, 9.17) is 21.1 Å². The average molecular weight is 362 g/mol. The van der Waals surface area contributed by atoms with Crippen molar-refractivity contribution < 1.29 is 19.1 Å². The lowest BCUT2D eigenvalue weighted by molar-refractivity contribution is -0.149. The Morgan fingerprint density at radius 3 is 2.32 bits per heavy atom.